The van der Waals surface area contributed by atoms with Crippen molar-refractivity contribution in [1.29, 1.82) is 0 Å². The largest absolute Gasteiger partial charge is 0.481 e. The van der Waals surface area contributed by atoms with Gasteiger partial charge in [0, 0.05) is 6.42 Å². The zero-order chi connectivity index (χ0) is 14.8. The molecule has 0 fully saturated rings. The molecule has 6 heteroatoms. The lowest BCUT2D eigenvalue weighted by atomic mass is 9.94. The van der Waals surface area contributed by atoms with Crippen molar-refractivity contribution in [3.8, 4) is 0 Å². The van der Waals surface area contributed by atoms with Crippen molar-refractivity contribution in [2.24, 2.45) is 5.41 Å². The first-order valence-electron chi connectivity index (χ1n) is 6.42. The van der Waals surface area contributed by atoms with Crippen LogP contribution >= 0.6 is 0 Å². The van der Waals surface area contributed by atoms with E-state index >= 15 is 0 Å². The summed E-state index contributed by atoms with van der Waals surface area (Å²) in [5.74, 6) is -0.197. The van der Waals surface area contributed by atoms with Crippen LogP contribution in [0.5, 0.6) is 0 Å². The van der Waals surface area contributed by atoms with Gasteiger partial charge in [0.15, 0.2) is 5.82 Å². The number of nitrogens with zero attached hydrogens (tertiary/aromatic N) is 4. The average Bonchev–Trinajstić information content (AvgIpc) is 2.79. The van der Waals surface area contributed by atoms with Gasteiger partial charge in [0.25, 0.3) is 0 Å². The molecule has 0 atom stereocenters. The van der Waals surface area contributed by atoms with Crippen molar-refractivity contribution < 1.29 is 9.90 Å². The second-order valence-corrected chi connectivity index (χ2v) is 5.60. The molecule has 0 radical (unpaired) electrons. The number of aliphatic carboxylic acids is 1. The highest BCUT2D eigenvalue weighted by molar-refractivity contribution is 5.73. The van der Waals surface area contributed by atoms with Gasteiger partial charge in [0.05, 0.1) is 12.0 Å². The number of benzene rings is 1. The summed E-state index contributed by atoms with van der Waals surface area (Å²) in [6.07, 6.45) is 0.586. The van der Waals surface area contributed by atoms with Gasteiger partial charge in [-0.25, -0.2) is 4.68 Å². The number of carbonyl (C=O) groups is 1. The molecular formula is C14H18N4O2. The predicted octanol–water partition coefficient (Wildman–Crippen LogP) is 1.68. The van der Waals surface area contributed by atoms with Crippen LogP contribution in [0.2, 0.25) is 0 Å². The van der Waals surface area contributed by atoms with Crippen LogP contribution in [-0.2, 0) is 17.8 Å². The van der Waals surface area contributed by atoms with Crippen molar-refractivity contribution in [3.63, 3.8) is 0 Å². The molecular weight excluding hydrogens is 256 g/mol. The zero-order valence-corrected chi connectivity index (χ0v) is 11.9. The van der Waals surface area contributed by atoms with Gasteiger partial charge in [0.2, 0.25) is 0 Å². The van der Waals surface area contributed by atoms with Crippen LogP contribution in [-0.4, -0.2) is 31.3 Å². The first-order chi connectivity index (χ1) is 9.38. The quantitative estimate of drug-likeness (QED) is 0.897. The summed E-state index contributed by atoms with van der Waals surface area (Å²) in [5, 5.41) is 20.7. The molecule has 6 nitrogen and oxygen atoms in total. The van der Waals surface area contributed by atoms with Gasteiger partial charge < -0.3 is 5.11 Å². The molecule has 1 aromatic carbocycles. The monoisotopic (exact) mass is 274 g/mol. The van der Waals surface area contributed by atoms with Crippen LogP contribution in [0.4, 0.5) is 0 Å². The van der Waals surface area contributed by atoms with E-state index in [-0.39, 0.29) is 6.54 Å². The molecule has 0 bridgehead atoms. The second-order valence-electron chi connectivity index (χ2n) is 5.60. The van der Waals surface area contributed by atoms with Gasteiger partial charge in [-0.2, -0.15) is 0 Å². The molecule has 2 rings (SSSR count). The van der Waals surface area contributed by atoms with Crippen molar-refractivity contribution in [3.05, 3.63) is 41.2 Å². The maximum Gasteiger partial charge on any atom is 0.310 e. The van der Waals surface area contributed by atoms with Crippen molar-refractivity contribution in [2.45, 2.75) is 33.7 Å². The number of hydrogen-bond donors (Lipinski definition) is 1. The highest BCUT2D eigenvalue weighted by atomic mass is 16.4. The third-order valence-electron chi connectivity index (χ3n) is 3.21. The Morgan fingerprint density at radius 2 is 1.95 bits per heavy atom. The lowest BCUT2D eigenvalue weighted by Gasteiger charge is -2.19. The van der Waals surface area contributed by atoms with E-state index in [2.05, 4.69) is 15.5 Å². The van der Waals surface area contributed by atoms with Crippen molar-refractivity contribution >= 4 is 5.97 Å². The highest BCUT2D eigenvalue weighted by Crippen LogP contribution is 2.19. The molecule has 0 saturated carbocycles. The van der Waals surface area contributed by atoms with Gasteiger partial charge in [-0.3, -0.25) is 4.79 Å². The summed E-state index contributed by atoms with van der Waals surface area (Å²) in [6.45, 7) is 5.60. The van der Waals surface area contributed by atoms with E-state index in [0.717, 1.165) is 5.56 Å². The molecule has 0 aliphatic carbocycles. The highest BCUT2D eigenvalue weighted by Gasteiger charge is 2.29. The lowest BCUT2D eigenvalue weighted by Crippen LogP contribution is -2.30. The Balaban J connectivity index is 2.17. The summed E-state index contributed by atoms with van der Waals surface area (Å²) in [6, 6.07) is 8.11. The van der Waals surface area contributed by atoms with Crippen molar-refractivity contribution in [2.75, 3.05) is 0 Å². The summed E-state index contributed by atoms with van der Waals surface area (Å²) in [7, 11) is 0. The Kier molecular flexibility index (Phi) is 3.83. The number of aromatic nitrogens is 4. The number of carboxylic acids is 1. The Bertz CT molecular complexity index is 602. The van der Waals surface area contributed by atoms with Gasteiger partial charge >= 0.3 is 5.97 Å². The van der Waals surface area contributed by atoms with E-state index in [9.17, 15) is 4.79 Å². The molecule has 0 amide bonds. The summed E-state index contributed by atoms with van der Waals surface area (Å²) < 4.78 is 1.56. The van der Waals surface area contributed by atoms with Crippen LogP contribution in [0.1, 0.15) is 30.8 Å². The minimum absolute atomic E-state index is 0.247. The van der Waals surface area contributed by atoms with Gasteiger partial charge in [0.1, 0.15) is 0 Å². The average molecular weight is 274 g/mol. The molecule has 0 spiro atoms. The van der Waals surface area contributed by atoms with Crippen LogP contribution < -0.4 is 0 Å². The Morgan fingerprint density at radius 3 is 2.55 bits per heavy atom. The van der Waals surface area contributed by atoms with E-state index in [1.807, 2.05) is 31.2 Å². The van der Waals surface area contributed by atoms with E-state index < -0.39 is 11.4 Å². The molecule has 0 unspecified atom stereocenters. The standard InChI is InChI=1S/C14H18N4O2/c1-10-4-6-11(7-5-10)8-12-15-16-17-18(12)9-14(2,3)13(19)20/h4-7H,8-9H2,1-3H3,(H,19,20). The normalized spacial score (nSPS) is 11.6. The molecule has 106 valence electrons. The van der Waals surface area contributed by atoms with Gasteiger partial charge in [-0.15, -0.1) is 5.10 Å². The molecule has 0 aliphatic heterocycles. The Labute approximate surface area is 117 Å². The Morgan fingerprint density at radius 1 is 1.30 bits per heavy atom. The topological polar surface area (TPSA) is 80.9 Å². The molecule has 0 aliphatic rings. The molecule has 2 aromatic rings. The lowest BCUT2D eigenvalue weighted by molar-refractivity contribution is -0.147. The van der Waals surface area contributed by atoms with Gasteiger partial charge in [-0.05, 0) is 36.8 Å². The maximum absolute atomic E-state index is 11.2. The predicted molar refractivity (Wildman–Crippen MR) is 73.2 cm³/mol. The zero-order valence-electron chi connectivity index (χ0n) is 11.9. The first kappa shape index (κ1) is 14.2. The third-order valence-corrected chi connectivity index (χ3v) is 3.21. The molecule has 1 heterocycles. The van der Waals surface area contributed by atoms with Crippen LogP contribution in [0.15, 0.2) is 24.3 Å². The second kappa shape index (κ2) is 5.40. The number of carboxylic acid groups (broad SMARTS) is 1. The third kappa shape index (κ3) is 3.20. The fraction of sp³-hybridized carbons (Fsp3) is 0.429. The van der Waals surface area contributed by atoms with E-state index in [4.69, 9.17) is 5.11 Å². The minimum atomic E-state index is -0.905. The SMILES string of the molecule is Cc1ccc(Cc2nnnn2CC(C)(C)C(=O)O)cc1. The first-order valence-corrected chi connectivity index (χ1v) is 6.42. The summed E-state index contributed by atoms with van der Waals surface area (Å²) in [5.41, 5.74) is 1.39. The number of aryl methyl sites for hydroxylation is 1. The van der Waals surface area contributed by atoms with E-state index in [1.165, 1.54) is 5.56 Å². The maximum atomic E-state index is 11.2. The number of hydrogen-bond acceptors (Lipinski definition) is 4. The Hall–Kier alpha value is -2.24. The molecule has 20 heavy (non-hydrogen) atoms. The fourth-order valence-corrected chi connectivity index (χ4v) is 1.80. The van der Waals surface area contributed by atoms with Gasteiger partial charge in [-0.1, -0.05) is 29.8 Å². The smallest absolute Gasteiger partial charge is 0.310 e. The molecule has 1 aromatic heterocycles. The number of tetrazole rings is 1. The summed E-state index contributed by atoms with van der Waals surface area (Å²) >= 11 is 0. The van der Waals surface area contributed by atoms with Crippen LogP contribution in [0.25, 0.3) is 0 Å². The van der Waals surface area contributed by atoms with E-state index in [1.54, 1.807) is 18.5 Å². The molecule has 1 N–H and O–H groups in total. The van der Waals surface area contributed by atoms with Crippen LogP contribution in [0, 0.1) is 12.3 Å². The number of rotatable bonds is 5. The van der Waals surface area contributed by atoms with Crippen molar-refractivity contribution in [1.82, 2.24) is 20.2 Å². The van der Waals surface area contributed by atoms with Crippen LogP contribution in [0.3, 0.4) is 0 Å². The summed E-state index contributed by atoms with van der Waals surface area (Å²) in [4.78, 5) is 11.2. The van der Waals surface area contributed by atoms with E-state index in [0.29, 0.717) is 12.2 Å². The minimum Gasteiger partial charge on any atom is -0.481 e. The molecule has 0 saturated heterocycles. The fourth-order valence-electron chi connectivity index (χ4n) is 1.80.